The van der Waals surface area contributed by atoms with E-state index in [2.05, 4.69) is 9.97 Å². The number of nitrogens with zero attached hydrogens (tertiary/aromatic N) is 2. The average molecular weight is 223 g/mol. The molecule has 3 rings (SSSR count). The van der Waals surface area contributed by atoms with Crippen molar-refractivity contribution in [3.05, 3.63) is 36.1 Å². The van der Waals surface area contributed by atoms with Crippen LogP contribution >= 0.6 is 0 Å². The van der Waals surface area contributed by atoms with Gasteiger partial charge < -0.3 is 5.73 Å². The molecule has 3 aromatic rings. The second-order valence-corrected chi connectivity index (χ2v) is 3.80. The van der Waals surface area contributed by atoms with Gasteiger partial charge in [0.2, 0.25) is 0 Å². The molecule has 0 amide bonds. The maximum absolute atomic E-state index is 13.5. The molecule has 2 radical (unpaired) electrons. The van der Waals surface area contributed by atoms with Gasteiger partial charge in [0.25, 0.3) is 0 Å². The smallest absolute Gasteiger partial charge is 0.151 e. The number of fused-ring (bicyclic) bond motifs is 2. The van der Waals surface area contributed by atoms with Gasteiger partial charge in [0.05, 0.1) is 16.6 Å². The van der Waals surface area contributed by atoms with Crippen LogP contribution in [0.5, 0.6) is 0 Å². The van der Waals surface area contributed by atoms with Gasteiger partial charge in [-0.05, 0) is 24.3 Å². The SMILES string of the molecule is [B]c1cc2nc3c(F)cccc3nc2cc1N. The summed E-state index contributed by atoms with van der Waals surface area (Å²) in [6.45, 7) is 0. The summed E-state index contributed by atoms with van der Waals surface area (Å²) in [6.07, 6.45) is 0. The Morgan fingerprint density at radius 3 is 2.65 bits per heavy atom. The lowest BCUT2D eigenvalue weighted by Gasteiger charge is -2.05. The van der Waals surface area contributed by atoms with Crippen LogP contribution in [-0.4, -0.2) is 17.8 Å². The summed E-state index contributed by atoms with van der Waals surface area (Å²) in [5.41, 5.74) is 8.44. The van der Waals surface area contributed by atoms with Crippen LogP contribution in [0.2, 0.25) is 0 Å². The number of benzene rings is 2. The zero-order chi connectivity index (χ0) is 12.0. The van der Waals surface area contributed by atoms with Gasteiger partial charge >= 0.3 is 0 Å². The van der Waals surface area contributed by atoms with Crippen molar-refractivity contribution in [1.82, 2.24) is 9.97 Å². The maximum Gasteiger partial charge on any atom is 0.151 e. The Morgan fingerprint density at radius 2 is 1.82 bits per heavy atom. The Labute approximate surface area is 97.9 Å². The maximum atomic E-state index is 13.5. The monoisotopic (exact) mass is 223 g/mol. The van der Waals surface area contributed by atoms with E-state index >= 15 is 0 Å². The summed E-state index contributed by atoms with van der Waals surface area (Å²) in [5.74, 6) is -0.396. The number of rotatable bonds is 0. The summed E-state index contributed by atoms with van der Waals surface area (Å²) < 4.78 is 13.5. The van der Waals surface area contributed by atoms with Gasteiger partial charge in [-0.25, -0.2) is 14.4 Å². The van der Waals surface area contributed by atoms with Crippen LogP contribution in [-0.2, 0) is 0 Å². The Kier molecular flexibility index (Phi) is 2.01. The first-order valence-electron chi connectivity index (χ1n) is 5.06. The molecule has 0 bridgehead atoms. The van der Waals surface area contributed by atoms with E-state index in [0.717, 1.165) is 0 Å². The number of hydrogen-bond acceptors (Lipinski definition) is 3. The number of para-hydroxylation sites is 1. The zero-order valence-corrected chi connectivity index (χ0v) is 8.81. The fourth-order valence-electron chi connectivity index (χ4n) is 1.74. The summed E-state index contributed by atoms with van der Waals surface area (Å²) in [5, 5.41) is 0. The molecule has 0 saturated carbocycles. The Morgan fingerprint density at radius 1 is 1.06 bits per heavy atom. The predicted octanol–water partition coefficient (Wildman–Crippen LogP) is 1.30. The fourth-order valence-corrected chi connectivity index (χ4v) is 1.74. The van der Waals surface area contributed by atoms with Crippen molar-refractivity contribution in [2.24, 2.45) is 0 Å². The number of nitrogen functional groups attached to an aromatic ring is 1. The molecule has 3 nitrogen and oxygen atoms in total. The van der Waals surface area contributed by atoms with Gasteiger partial charge in [0.15, 0.2) is 5.82 Å². The molecule has 5 heteroatoms. The molecule has 0 aliphatic rings. The van der Waals surface area contributed by atoms with E-state index in [-0.39, 0.29) is 5.52 Å². The minimum Gasteiger partial charge on any atom is -0.399 e. The first-order valence-corrected chi connectivity index (χ1v) is 5.06. The van der Waals surface area contributed by atoms with Gasteiger partial charge in [0.1, 0.15) is 13.4 Å². The highest BCUT2D eigenvalue weighted by molar-refractivity contribution is 6.36. The molecule has 17 heavy (non-hydrogen) atoms. The molecule has 0 saturated heterocycles. The molecule has 2 N–H and O–H groups in total. The van der Waals surface area contributed by atoms with Gasteiger partial charge in [-0.15, -0.1) is 0 Å². The number of halogens is 1. The van der Waals surface area contributed by atoms with E-state index in [1.165, 1.54) is 6.07 Å². The van der Waals surface area contributed by atoms with Gasteiger partial charge in [-0.3, -0.25) is 0 Å². The van der Waals surface area contributed by atoms with Gasteiger partial charge in [-0.2, -0.15) is 0 Å². The van der Waals surface area contributed by atoms with E-state index in [4.69, 9.17) is 13.6 Å². The molecular formula is C12H7BFN3. The van der Waals surface area contributed by atoms with Crippen molar-refractivity contribution in [1.29, 1.82) is 0 Å². The number of anilines is 1. The van der Waals surface area contributed by atoms with E-state index in [1.807, 2.05) is 0 Å². The van der Waals surface area contributed by atoms with E-state index in [0.29, 0.717) is 27.7 Å². The lowest BCUT2D eigenvalue weighted by atomic mass is 9.93. The second kappa shape index (κ2) is 3.41. The molecule has 0 fully saturated rings. The molecule has 1 heterocycles. The molecule has 0 atom stereocenters. The molecule has 0 aliphatic carbocycles. The minimum absolute atomic E-state index is 0.240. The third kappa shape index (κ3) is 1.51. The third-order valence-electron chi connectivity index (χ3n) is 2.62. The molecule has 1 aromatic heterocycles. The van der Waals surface area contributed by atoms with Crippen LogP contribution in [0.1, 0.15) is 0 Å². The van der Waals surface area contributed by atoms with E-state index < -0.39 is 5.82 Å². The quantitative estimate of drug-likeness (QED) is 0.355. The summed E-state index contributed by atoms with van der Waals surface area (Å²) in [6, 6.07) is 7.89. The summed E-state index contributed by atoms with van der Waals surface area (Å²) >= 11 is 0. The summed E-state index contributed by atoms with van der Waals surface area (Å²) in [4.78, 5) is 8.51. The first kappa shape index (κ1) is 10.0. The molecule has 0 unspecified atom stereocenters. The Hall–Kier alpha value is -2.17. The predicted molar refractivity (Wildman–Crippen MR) is 66.8 cm³/mol. The van der Waals surface area contributed by atoms with Crippen molar-refractivity contribution in [3.63, 3.8) is 0 Å². The first-order chi connectivity index (χ1) is 8.15. The Balaban J connectivity index is 2.48. The molecular weight excluding hydrogens is 216 g/mol. The molecule has 0 aliphatic heterocycles. The molecule has 0 spiro atoms. The van der Waals surface area contributed by atoms with Crippen molar-refractivity contribution in [3.8, 4) is 0 Å². The van der Waals surface area contributed by atoms with Crippen LogP contribution in [0.15, 0.2) is 30.3 Å². The van der Waals surface area contributed by atoms with Crippen LogP contribution in [0, 0.1) is 5.82 Å². The normalized spacial score (nSPS) is 11.1. The Bertz CT molecular complexity index is 742. The van der Waals surface area contributed by atoms with Crippen LogP contribution in [0.3, 0.4) is 0 Å². The van der Waals surface area contributed by atoms with Crippen molar-refractivity contribution < 1.29 is 4.39 Å². The van der Waals surface area contributed by atoms with Crippen molar-refractivity contribution >= 4 is 41.1 Å². The van der Waals surface area contributed by atoms with Crippen LogP contribution in [0.25, 0.3) is 22.1 Å². The van der Waals surface area contributed by atoms with Crippen molar-refractivity contribution in [2.75, 3.05) is 5.73 Å². The summed E-state index contributed by atoms with van der Waals surface area (Å²) in [7, 11) is 5.68. The number of aromatic nitrogens is 2. The van der Waals surface area contributed by atoms with Gasteiger partial charge in [-0.1, -0.05) is 11.5 Å². The highest BCUT2D eigenvalue weighted by Crippen LogP contribution is 2.18. The van der Waals surface area contributed by atoms with Crippen molar-refractivity contribution in [2.45, 2.75) is 0 Å². The molecule has 2 aromatic carbocycles. The average Bonchev–Trinajstić information content (AvgIpc) is 2.29. The number of hydrogen-bond donors (Lipinski definition) is 1. The van der Waals surface area contributed by atoms with E-state index in [1.54, 1.807) is 24.3 Å². The second-order valence-electron chi connectivity index (χ2n) is 3.80. The fraction of sp³-hybridized carbons (Fsp3) is 0. The highest BCUT2D eigenvalue weighted by atomic mass is 19.1. The van der Waals surface area contributed by atoms with Crippen LogP contribution in [0.4, 0.5) is 10.1 Å². The zero-order valence-electron chi connectivity index (χ0n) is 8.81. The molecule has 80 valence electrons. The topological polar surface area (TPSA) is 51.8 Å². The lowest BCUT2D eigenvalue weighted by molar-refractivity contribution is 0.637. The number of nitrogens with two attached hydrogens (primary N) is 1. The largest absolute Gasteiger partial charge is 0.399 e. The minimum atomic E-state index is -0.396. The van der Waals surface area contributed by atoms with Gasteiger partial charge in [0, 0.05) is 5.69 Å². The van der Waals surface area contributed by atoms with Crippen LogP contribution < -0.4 is 11.2 Å². The highest BCUT2D eigenvalue weighted by Gasteiger charge is 2.06. The lowest BCUT2D eigenvalue weighted by Crippen LogP contribution is -2.09. The standard InChI is InChI=1S/C12H7BFN3/c13-6-4-10-11(5-8(6)15)16-9-3-1-2-7(14)12(9)17-10/h1-5H,15H2. The third-order valence-corrected chi connectivity index (χ3v) is 2.62. The van der Waals surface area contributed by atoms with E-state index in [9.17, 15) is 4.39 Å².